The fourth-order valence-electron chi connectivity index (χ4n) is 1.38. The third kappa shape index (κ3) is 3.15. The van der Waals surface area contributed by atoms with Gasteiger partial charge in [0.1, 0.15) is 10.6 Å². The lowest BCUT2D eigenvalue weighted by Crippen LogP contribution is -2.10. The molecule has 3 nitrogen and oxygen atoms in total. The number of halogens is 4. The summed E-state index contributed by atoms with van der Waals surface area (Å²) >= 11 is 23.3. The lowest BCUT2D eigenvalue weighted by atomic mass is 10.3. The molecule has 0 bridgehead atoms. The second kappa shape index (κ2) is 6.00. The van der Waals surface area contributed by atoms with Crippen LogP contribution in [0.1, 0.15) is 0 Å². The van der Waals surface area contributed by atoms with Gasteiger partial charge in [-0.05, 0) is 18.2 Å². The lowest BCUT2D eigenvalue weighted by Gasteiger charge is -2.11. The molecule has 0 unspecified atom stereocenters. The lowest BCUT2D eigenvalue weighted by molar-refractivity contribution is 0.486. The Morgan fingerprint density at radius 2 is 1.45 bits per heavy atom. The zero-order valence-electron chi connectivity index (χ0n) is 9.61. The van der Waals surface area contributed by atoms with E-state index in [4.69, 9.17) is 50.6 Å². The van der Waals surface area contributed by atoms with E-state index in [1.807, 2.05) is 0 Å². The van der Waals surface area contributed by atoms with Crippen molar-refractivity contribution >= 4 is 56.5 Å². The van der Waals surface area contributed by atoms with Crippen LogP contribution in [-0.4, -0.2) is 8.42 Å². The van der Waals surface area contributed by atoms with Gasteiger partial charge in [0.15, 0.2) is 0 Å². The maximum absolute atomic E-state index is 12.2. The minimum absolute atomic E-state index is 0.0167. The summed E-state index contributed by atoms with van der Waals surface area (Å²) in [5, 5.41) is -0.429. The molecule has 0 N–H and O–H groups in total. The van der Waals surface area contributed by atoms with E-state index in [0.717, 1.165) is 6.07 Å². The summed E-state index contributed by atoms with van der Waals surface area (Å²) in [5.41, 5.74) is 0. The summed E-state index contributed by atoms with van der Waals surface area (Å²) in [6.07, 6.45) is 0. The Kier molecular flexibility index (Phi) is 4.72. The van der Waals surface area contributed by atoms with Gasteiger partial charge in [0, 0.05) is 0 Å². The third-order valence-electron chi connectivity index (χ3n) is 2.29. The largest absolute Gasteiger partial charge is 0.379 e. The first-order valence-corrected chi connectivity index (χ1v) is 8.07. The maximum atomic E-state index is 12.2. The Morgan fingerprint density at radius 3 is 2.05 bits per heavy atom. The molecule has 0 aromatic heterocycles. The second-order valence-corrected chi connectivity index (χ2v) is 6.70. The fourth-order valence-corrected chi connectivity index (χ4v) is 3.62. The molecule has 0 aliphatic carbocycles. The molecule has 0 saturated carbocycles. The number of hydrogen-bond acceptors (Lipinski definition) is 3. The Hall–Kier alpha value is -0.650. The number of benzene rings is 2. The van der Waals surface area contributed by atoms with Crippen molar-refractivity contribution in [3.63, 3.8) is 0 Å². The molecule has 0 heterocycles. The SMILES string of the molecule is O=S(=O)(Oc1ccccc1)c1cc(Cl)c(Cl)c(Cl)c1Cl. The minimum Gasteiger partial charge on any atom is -0.379 e. The first kappa shape index (κ1) is 15.7. The van der Waals surface area contributed by atoms with E-state index >= 15 is 0 Å². The van der Waals surface area contributed by atoms with Gasteiger partial charge in [0.2, 0.25) is 0 Å². The average molecular weight is 372 g/mol. The van der Waals surface area contributed by atoms with Gasteiger partial charge in [0.25, 0.3) is 0 Å². The van der Waals surface area contributed by atoms with E-state index in [9.17, 15) is 8.42 Å². The summed E-state index contributed by atoms with van der Waals surface area (Å²) in [4.78, 5) is -0.345. The molecule has 20 heavy (non-hydrogen) atoms. The van der Waals surface area contributed by atoms with Crippen LogP contribution in [0.25, 0.3) is 0 Å². The second-order valence-electron chi connectivity index (χ2n) is 3.65. The number of hydrogen-bond donors (Lipinski definition) is 0. The van der Waals surface area contributed by atoms with Crippen LogP contribution in [0.2, 0.25) is 20.1 Å². The van der Waals surface area contributed by atoms with Crippen LogP contribution in [0.15, 0.2) is 41.3 Å². The zero-order chi connectivity index (χ0) is 14.9. The summed E-state index contributed by atoms with van der Waals surface area (Å²) < 4.78 is 29.3. The summed E-state index contributed by atoms with van der Waals surface area (Å²) in [5.74, 6) is 0.144. The van der Waals surface area contributed by atoms with E-state index in [-0.39, 0.29) is 30.7 Å². The van der Waals surface area contributed by atoms with E-state index in [1.54, 1.807) is 18.2 Å². The monoisotopic (exact) mass is 370 g/mol. The molecular weight excluding hydrogens is 366 g/mol. The van der Waals surface area contributed by atoms with Crippen LogP contribution in [0.5, 0.6) is 5.75 Å². The standard InChI is InChI=1S/C12H6Cl4O3S/c13-8-6-9(11(15)12(16)10(8)14)20(17,18)19-7-4-2-1-3-5-7/h1-6H. The summed E-state index contributed by atoms with van der Waals surface area (Å²) in [6.45, 7) is 0. The Morgan fingerprint density at radius 1 is 0.850 bits per heavy atom. The molecule has 0 spiro atoms. The van der Waals surface area contributed by atoms with Crippen molar-refractivity contribution in [1.29, 1.82) is 0 Å². The van der Waals surface area contributed by atoms with Gasteiger partial charge in [0.05, 0.1) is 20.1 Å². The Bertz CT molecular complexity index is 745. The normalized spacial score (nSPS) is 11.4. The van der Waals surface area contributed by atoms with Gasteiger partial charge in [-0.1, -0.05) is 64.6 Å². The molecule has 2 rings (SSSR count). The van der Waals surface area contributed by atoms with Crippen molar-refractivity contribution in [3.05, 3.63) is 56.5 Å². The Balaban J connectivity index is 2.51. The maximum Gasteiger partial charge on any atom is 0.340 e. The predicted molar refractivity (Wildman–Crippen MR) is 80.7 cm³/mol. The van der Waals surface area contributed by atoms with Crippen LogP contribution in [0, 0.1) is 0 Å². The van der Waals surface area contributed by atoms with Crippen LogP contribution in [-0.2, 0) is 10.1 Å². The molecule has 8 heteroatoms. The third-order valence-corrected chi connectivity index (χ3v) is 5.42. The molecule has 0 fully saturated rings. The highest BCUT2D eigenvalue weighted by Crippen LogP contribution is 2.40. The smallest absolute Gasteiger partial charge is 0.340 e. The van der Waals surface area contributed by atoms with E-state index in [0.29, 0.717) is 0 Å². The predicted octanol–water partition coefficient (Wildman–Crippen LogP) is 5.07. The van der Waals surface area contributed by atoms with E-state index < -0.39 is 10.1 Å². The van der Waals surface area contributed by atoms with Crippen molar-refractivity contribution in [1.82, 2.24) is 0 Å². The number of rotatable bonds is 3. The highest BCUT2D eigenvalue weighted by Gasteiger charge is 2.25. The highest BCUT2D eigenvalue weighted by molar-refractivity contribution is 7.87. The van der Waals surface area contributed by atoms with Crippen molar-refractivity contribution in [3.8, 4) is 5.75 Å². The Labute approximate surface area is 136 Å². The number of para-hydroxylation sites is 1. The first-order valence-electron chi connectivity index (χ1n) is 5.15. The summed E-state index contributed by atoms with van der Waals surface area (Å²) in [6, 6.07) is 9.07. The highest BCUT2D eigenvalue weighted by atomic mass is 35.5. The van der Waals surface area contributed by atoms with Crippen molar-refractivity contribution < 1.29 is 12.6 Å². The van der Waals surface area contributed by atoms with Crippen molar-refractivity contribution in [2.45, 2.75) is 4.90 Å². The fraction of sp³-hybridized carbons (Fsp3) is 0. The van der Waals surface area contributed by atoms with E-state index in [2.05, 4.69) is 0 Å². The van der Waals surface area contributed by atoms with Gasteiger partial charge >= 0.3 is 10.1 Å². The molecule has 0 radical (unpaired) electrons. The average Bonchev–Trinajstić information content (AvgIpc) is 2.41. The van der Waals surface area contributed by atoms with Crippen LogP contribution >= 0.6 is 46.4 Å². The quantitative estimate of drug-likeness (QED) is 0.429. The molecule has 2 aromatic rings. The van der Waals surface area contributed by atoms with Gasteiger partial charge in [-0.25, -0.2) is 0 Å². The molecular formula is C12H6Cl4O3S. The first-order chi connectivity index (χ1) is 9.33. The minimum atomic E-state index is -4.17. The van der Waals surface area contributed by atoms with Gasteiger partial charge in [-0.15, -0.1) is 0 Å². The van der Waals surface area contributed by atoms with Crippen molar-refractivity contribution in [2.24, 2.45) is 0 Å². The van der Waals surface area contributed by atoms with Crippen LogP contribution in [0.4, 0.5) is 0 Å². The van der Waals surface area contributed by atoms with E-state index in [1.165, 1.54) is 12.1 Å². The van der Waals surface area contributed by atoms with Gasteiger partial charge in [-0.3, -0.25) is 0 Å². The van der Waals surface area contributed by atoms with Gasteiger partial charge < -0.3 is 4.18 Å². The molecule has 0 saturated heterocycles. The molecule has 0 amide bonds. The molecule has 0 atom stereocenters. The molecule has 106 valence electrons. The van der Waals surface area contributed by atoms with Crippen LogP contribution < -0.4 is 4.18 Å². The van der Waals surface area contributed by atoms with Gasteiger partial charge in [-0.2, -0.15) is 8.42 Å². The van der Waals surface area contributed by atoms with Crippen LogP contribution in [0.3, 0.4) is 0 Å². The molecule has 0 aliphatic heterocycles. The zero-order valence-corrected chi connectivity index (χ0v) is 13.4. The molecule has 2 aromatic carbocycles. The summed E-state index contributed by atoms with van der Waals surface area (Å²) in [7, 11) is -4.17. The molecule has 0 aliphatic rings. The van der Waals surface area contributed by atoms with Crippen molar-refractivity contribution in [2.75, 3.05) is 0 Å². The topological polar surface area (TPSA) is 43.4 Å².